The molecule has 0 aromatic carbocycles. The van der Waals surface area contributed by atoms with E-state index in [4.69, 9.17) is 10.2 Å². The third kappa shape index (κ3) is 7.80. The number of carbonyl (C=O) groups is 2. The first-order valence-corrected chi connectivity index (χ1v) is 6.93. The molecule has 0 fully saturated rings. The average Bonchev–Trinajstić information content (AvgIpc) is 2.30. The summed E-state index contributed by atoms with van der Waals surface area (Å²) in [5.41, 5.74) is 0. The number of thiol groups is 2. The predicted octanol–water partition coefficient (Wildman–Crippen LogP) is -0.288. The minimum Gasteiger partial charge on any atom is -0.480 e. The molecule has 6 nitrogen and oxygen atoms in total. The van der Waals surface area contributed by atoms with Gasteiger partial charge in [0.1, 0.15) is 12.1 Å². The van der Waals surface area contributed by atoms with Gasteiger partial charge in [-0.05, 0) is 24.3 Å². The molecule has 0 saturated heterocycles. The van der Waals surface area contributed by atoms with Gasteiger partial charge < -0.3 is 20.8 Å². The van der Waals surface area contributed by atoms with Crippen molar-refractivity contribution < 1.29 is 19.8 Å². The Morgan fingerprint density at radius 2 is 1.22 bits per heavy atom. The highest BCUT2D eigenvalue weighted by Gasteiger charge is 2.17. The molecule has 0 heterocycles. The number of hydrogen-bond acceptors (Lipinski definition) is 6. The van der Waals surface area contributed by atoms with Crippen molar-refractivity contribution in [3.8, 4) is 0 Å². The smallest absolute Gasteiger partial charge is 0.320 e. The molecule has 0 unspecified atom stereocenters. The lowest BCUT2D eigenvalue weighted by molar-refractivity contribution is -0.140. The molecule has 0 aromatic rings. The van der Waals surface area contributed by atoms with Crippen molar-refractivity contribution >= 4 is 37.2 Å². The largest absolute Gasteiger partial charge is 0.480 e. The Hall–Kier alpha value is -0.440. The number of carboxylic acid groups (broad SMARTS) is 2. The molecule has 8 heteroatoms. The van der Waals surface area contributed by atoms with Crippen LogP contribution >= 0.6 is 25.3 Å². The van der Waals surface area contributed by atoms with Crippen LogP contribution in [0.25, 0.3) is 0 Å². The summed E-state index contributed by atoms with van der Waals surface area (Å²) in [4.78, 5) is 21.6. The van der Waals surface area contributed by atoms with Crippen LogP contribution in [-0.2, 0) is 9.59 Å². The molecule has 0 rings (SSSR count). The van der Waals surface area contributed by atoms with E-state index in [-0.39, 0.29) is 0 Å². The number of hydrogen-bond donors (Lipinski definition) is 6. The van der Waals surface area contributed by atoms with E-state index in [0.29, 0.717) is 37.4 Å². The zero-order chi connectivity index (χ0) is 14.0. The number of rotatable bonds is 11. The molecule has 18 heavy (non-hydrogen) atoms. The minimum absolute atomic E-state index is 0.390. The number of aliphatic carboxylic acids is 2. The van der Waals surface area contributed by atoms with Gasteiger partial charge in [0, 0.05) is 13.1 Å². The van der Waals surface area contributed by atoms with E-state index in [1.54, 1.807) is 0 Å². The Morgan fingerprint density at radius 3 is 1.44 bits per heavy atom. The van der Waals surface area contributed by atoms with Gasteiger partial charge in [-0.25, -0.2) is 0 Å². The molecule has 0 aliphatic heterocycles. The van der Waals surface area contributed by atoms with Crippen LogP contribution < -0.4 is 10.6 Å². The summed E-state index contributed by atoms with van der Waals surface area (Å²) < 4.78 is 0. The Morgan fingerprint density at radius 1 is 0.889 bits per heavy atom. The summed E-state index contributed by atoms with van der Waals surface area (Å²) in [5.74, 6) is -0.882. The molecular formula is C10H20N2O4S2. The van der Waals surface area contributed by atoms with Gasteiger partial charge in [0.25, 0.3) is 0 Å². The van der Waals surface area contributed by atoms with Crippen molar-refractivity contribution in [1.29, 1.82) is 0 Å². The van der Waals surface area contributed by atoms with Crippen LogP contribution in [0.2, 0.25) is 0 Å². The lowest BCUT2D eigenvalue weighted by Crippen LogP contribution is -2.44. The van der Waals surface area contributed by atoms with Gasteiger partial charge in [0.05, 0.1) is 0 Å². The molecule has 0 saturated carbocycles. The van der Waals surface area contributed by atoms with Crippen molar-refractivity contribution in [3.63, 3.8) is 0 Å². The van der Waals surface area contributed by atoms with Crippen molar-refractivity contribution in [2.24, 2.45) is 0 Å². The van der Waals surface area contributed by atoms with E-state index in [1.165, 1.54) is 0 Å². The highest BCUT2D eigenvalue weighted by atomic mass is 32.1. The van der Waals surface area contributed by atoms with Gasteiger partial charge in [-0.15, -0.1) is 0 Å². The Kier molecular flexibility index (Phi) is 10.2. The summed E-state index contributed by atoms with van der Waals surface area (Å²) in [6.07, 6.45) is 0.856. The van der Waals surface area contributed by atoms with Gasteiger partial charge in [-0.1, -0.05) is 0 Å². The maximum Gasteiger partial charge on any atom is 0.320 e. The van der Waals surface area contributed by atoms with Crippen LogP contribution in [0.1, 0.15) is 12.8 Å². The molecular weight excluding hydrogens is 276 g/mol. The molecule has 2 atom stereocenters. The van der Waals surface area contributed by atoms with E-state index in [0.717, 1.165) is 0 Å². The second-order valence-electron chi connectivity index (χ2n) is 3.71. The highest BCUT2D eigenvalue weighted by Crippen LogP contribution is 1.95. The zero-order valence-corrected chi connectivity index (χ0v) is 11.8. The monoisotopic (exact) mass is 296 g/mol. The average molecular weight is 296 g/mol. The van der Waals surface area contributed by atoms with Gasteiger partial charge >= 0.3 is 11.9 Å². The van der Waals surface area contributed by atoms with Crippen LogP contribution in [0.15, 0.2) is 0 Å². The van der Waals surface area contributed by atoms with Gasteiger partial charge in [0.2, 0.25) is 0 Å². The number of nitrogens with one attached hydrogen (secondary N) is 2. The lowest BCUT2D eigenvalue weighted by atomic mass is 10.2. The molecule has 4 N–H and O–H groups in total. The van der Waals surface area contributed by atoms with Crippen molar-refractivity contribution in [3.05, 3.63) is 0 Å². The summed E-state index contributed by atoms with van der Waals surface area (Å²) in [6, 6.07) is -1.28. The first-order chi connectivity index (χ1) is 8.52. The Bertz CT molecular complexity index is 240. The fourth-order valence-electron chi connectivity index (χ4n) is 1.38. The molecule has 0 amide bonds. The second kappa shape index (κ2) is 10.5. The Balaban J connectivity index is 3.87. The standard InChI is InChI=1S/C10H20N2O4S2/c13-9(14)7(1-5-17)11-3-4-12-8(2-6-18)10(15)16/h7-8,11-12,17-18H,1-6H2,(H,13,14)(H,15,16)/t7-,8-/m0/s1. The summed E-state index contributed by atoms with van der Waals surface area (Å²) in [7, 11) is 0. The van der Waals surface area contributed by atoms with Crippen molar-refractivity contribution in [2.45, 2.75) is 24.9 Å². The van der Waals surface area contributed by atoms with E-state index in [9.17, 15) is 9.59 Å². The molecule has 0 radical (unpaired) electrons. The summed E-state index contributed by atoms with van der Waals surface area (Å²) >= 11 is 7.96. The maximum absolute atomic E-state index is 10.8. The fraction of sp³-hybridized carbons (Fsp3) is 0.800. The molecule has 106 valence electrons. The van der Waals surface area contributed by atoms with E-state index < -0.39 is 24.0 Å². The molecule has 0 aromatic heterocycles. The summed E-state index contributed by atoms with van der Waals surface area (Å²) in [5, 5.41) is 23.4. The third-order valence-corrected chi connectivity index (χ3v) is 2.85. The molecule has 0 aliphatic rings. The molecule has 0 bridgehead atoms. The minimum atomic E-state index is -0.922. The van der Waals surface area contributed by atoms with Crippen LogP contribution in [0.5, 0.6) is 0 Å². The normalized spacial score (nSPS) is 14.1. The first-order valence-electron chi connectivity index (χ1n) is 5.67. The SMILES string of the molecule is O=C(O)[C@H](CCS)NCCN[C@@H](CCS)C(=O)O. The van der Waals surface area contributed by atoms with Gasteiger partial charge in [-0.3, -0.25) is 9.59 Å². The fourth-order valence-corrected chi connectivity index (χ4v) is 1.89. The van der Waals surface area contributed by atoms with Crippen LogP contribution in [-0.4, -0.2) is 58.8 Å². The lowest BCUT2D eigenvalue weighted by Gasteiger charge is -2.16. The third-order valence-electron chi connectivity index (χ3n) is 2.34. The Labute approximate surface area is 117 Å². The predicted molar refractivity (Wildman–Crippen MR) is 75.8 cm³/mol. The van der Waals surface area contributed by atoms with Crippen LogP contribution in [0, 0.1) is 0 Å². The van der Waals surface area contributed by atoms with E-state index in [1.807, 2.05) is 0 Å². The second-order valence-corrected chi connectivity index (χ2v) is 4.61. The highest BCUT2D eigenvalue weighted by molar-refractivity contribution is 7.80. The zero-order valence-electron chi connectivity index (χ0n) is 10.0. The molecule has 0 aliphatic carbocycles. The molecule has 0 spiro atoms. The topological polar surface area (TPSA) is 98.7 Å². The first kappa shape index (κ1) is 17.6. The quantitative estimate of drug-likeness (QED) is 0.232. The van der Waals surface area contributed by atoms with E-state index in [2.05, 4.69) is 35.9 Å². The van der Waals surface area contributed by atoms with Gasteiger partial charge in [0.15, 0.2) is 0 Å². The van der Waals surface area contributed by atoms with Crippen molar-refractivity contribution in [2.75, 3.05) is 24.6 Å². The maximum atomic E-state index is 10.8. The van der Waals surface area contributed by atoms with Crippen LogP contribution in [0.4, 0.5) is 0 Å². The number of carboxylic acids is 2. The summed E-state index contributed by atoms with van der Waals surface area (Å²) in [6.45, 7) is 0.780. The van der Waals surface area contributed by atoms with E-state index >= 15 is 0 Å². The van der Waals surface area contributed by atoms with Gasteiger partial charge in [-0.2, -0.15) is 25.3 Å². The van der Waals surface area contributed by atoms with Crippen molar-refractivity contribution in [1.82, 2.24) is 10.6 Å². The van der Waals surface area contributed by atoms with Crippen LogP contribution in [0.3, 0.4) is 0 Å².